The predicted octanol–water partition coefficient (Wildman–Crippen LogP) is 4.29. The highest BCUT2D eigenvalue weighted by atomic mass is 32.1. The van der Waals surface area contributed by atoms with Crippen LogP contribution in [0.1, 0.15) is 29.0 Å². The van der Waals surface area contributed by atoms with Gasteiger partial charge in [0.25, 0.3) is 5.91 Å². The lowest BCUT2D eigenvalue weighted by atomic mass is 10.1. The first kappa shape index (κ1) is 17.6. The van der Waals surface area contributed by atoms with E-state index in [1.807, 2.05) is 61.1 Å². The Kier molecular flexibility index (Phi) is 4.83. The molecular formula is C19H17N5OS2. The number of amides is 1. The molecule has 0 fully saturated rings. The van der Waals surface area contributed by atoms with E-state index in [0.717, 1.165) is 21.1 Å². The van der Waals surface area contributed by atoms with Crippen LogP contribution in [0.25, 0.3) is 15.6 Å². The van der Waals surface area contributed by atoms with Gasteiger partial charge in [-0.15, -0.1) is 22.7 Å². The molecule has 0 aliphatic rings. The van der Waals surface area contributed by atoms with E-state index in [1.165, 1.54) is 17.7 Å². The lowest BCUT2D eigenvalue weighted by Gasteiger charge is -2.24. The van der Waals surface area contributed by atoms with Crippen LogP contribution in [0.15, 0.2) is 59.8 Å². The molecule has 4 rings (SSSR count). The van der Waals surface area contributed by atoms with E-state index in [2.05, 4.69) is 15.1 Å². The summed E-state index contributed by atoms with van der Waals surface area (Å²) in [5.41, 5.74) is 2.46. The first-order chi connectivity index (χ1) is 13.1. The van der Waals surface area contributed by atoms with Gasteiger partial charge in [-0.2, -0.15) is 5.10 Å². The summed E-state index contributed by atoms with van der Waals surface area (Å²) in [5, 5.41) is 8.84. The van der Waals surface area contributed by atoms with Crippen LogP contribution in [0, 0.1) is 0 Å². The van der Waals surface area contributed by atoms with Crippen molar-refractivity contribution < 1.29 is 4.79 Å². The molecule has 0 aliphatic carbocycles. The molecule has 27 heavy (non-hydrogen) atoms. The van der Waals surface area contributed by atoms with Crippen molar-refractivity contribution in [1.82, 2.24) is 24.6 Å². The Morgan fingerprint density at radius 3 is 2.67 bits per heavy atom. The minimum Gasteiger partial charge on any atom is -0.334 e. The quantitative estimate of drug-likeness (QED) is 0.506. The van der Waals surface area contributed by atoms with Crippen molar-refractivity contribution in [1.29, 1.82) is 0 Å². The summed E-state index contributed by atoms with van der Waals surface area (Å²) in [6, 6.07) is 11.9. The predicted molar refractivity (Wildman–Crippen MR) is 107 cm³/mol. The van der Waals surface area contributed by atoms with Gasteiger partial charge in [0.05, 0.1) is 16.6 Å². The number of thiazole rings is 1. The molecule has 6 nitrogen and oxygen atoms in total. The molecule has 0 saturated carbocycles. The normalized spacial score (nSPS) is 12.1. The largest absolute Gasteiger partial charge is 0.334 e. The fourth-order valence-corrected chi connectivity index (χ4v) is 4.32. The summed E-state index contributed by atoms with van der Waals surface area (Å²) in [6.45, 7) is 2.01. The Morgan fingerprint density at radius 1 is 1.19 bits per heavy atom. The van der Waals surface area contributed by atoms with Gasteiger partial charge in [0.15, 0.2) is 0 Å². The molecule has 0 radical (unpaired) electrons. The average molecular weight is 396 g/mol. The Bertz CT molecular complexity index is 1020. The maximum absolute atomic E-state index is 12.8. The lowest BCUT2D eigenvalue weighted by molar-refractivity contribution is 0.0737. The zero-order valence-corrected chi connectivity index (χ0v) is 16.4. The standard InChI is InChI=1S/C19H17N5OS2/c1-13(14-5-7-15(8-6-14)24-12-20-11-21-24)23(2)19(25)16-10-27-18(22-16)17-4-3-9-26-17/h3-13H,1-2H3. The third-order valence-electron chi connectivity index (χ3n) is 4.42. The second-order valence-corrected chi connectivity index (χ2v) is 7.84. The number of benzene rings is 1. The van der Waals surface area contributed by atoms with Gasteiger partial charge in [-0.3, -0.25) is 4.79 Å². The molecular weight excluding hydrogens is 378 g/mol. The fraction of sp³-hybridized carbons (Fsp3) is 0.158. The van der Waals surface area contributed by atoms with Gasteiger partial charge in [-0.1, -0.05) is 18.2 Å². The maximum Gasteiger partial charge on any atom is 0.273 e. The van der Waals surface area contributed by atoms with Crippen LogP contribution in [0.5, 0.6) is 0 Å². The van der Waals surface area contributed by atoms with Gasteiger partial charge in [-0.25, -0.2) is 14.6 Å². The van der Waals surface area contributed by atoms with Crippen molar-refractivity contribution in [3.05, 3.63) is 71.1 Å². The molecule has 1 unspecified atom stereocenters. The summed E-state index contributed by atoms with van der Waals surface area (Å²) >= 11 is 3.12. The number of hydrogen-bond acceptors (Lipinski definition) is 6. The van der Waals surface area contributed by atoms with Crippen molar-refractivity contribution in [3.8, 4) is 15.6 Å². The molecule has 1 amide bonds. The van der Waals surface area contributed by atoms with E-state index in [9.17, 15) is 4.79 Å². The van der Waals surface area contributed by atoms with Crippen LogP contribution in [-0.2, 0) is 0 Å². The van der Waals surface area contributed by atoms with Crippen LogP contribution in [-0.4, -0.2) is 37.6 Å². The highest BCUT2D eigenvalue weighted by molar-refractivity contribution is 7.20. The number of carbonyl (C=O) groups is 1. The number of hydrogen-bond donors (Lipinski definition) is 0. The Labute approximate surface area is 164 Å². The molecule has 136 valence electrons. The molecule has 0 bridgehead atoms. The van der Waals surface area contributed by atoms with Gasteiger partial charge in [0, 0.05) is 12.4 Å². The molecule has 0 aliphatic heterocycles. The third kappa shape index (κ3) is 3.54. The topological polar surface area (TPSA) is 63.9 Å². The minimum absolute atomic E-state index is 0.0748. The molecule has 4 aromatic rings. The number of aromatic nitrogens is 4. The molecule has 3 aromatic heterocycles. The number of carbonyl (C=O) groups excluding carboxylic acids is 1. The summed E-state index contributed by atoms with van der Waals surface area (Å²) in [6.07, 6.45) is 3.16. The first-order valence-electron chi connectivity index (χ1n) is 8.35. The van der Waals surface area contributed by atoms with Gasteiger partial charge in [0.1, 0.15) is 23.4 Å². The van der Waals surface area contributed by atoms with Gasteiger partial charge in [0.2, 0.25) is 0 Å². The van der Waals surface area contributed by atoms with E-state index in [0.29, 0.717) is 5.69 Å². The lowest BCUT2D eigenvalue weighted by Crippen LogP contribution is -2.29. The molecule has 3 heterocycles. The maximum atomic E-state index is 12.8. The average Bonchev–Trinajstić information content (AvgIpc) is 3.47. The molecule has 1 atom stereocenters. The summed E-state index contributed by atoms with van der Waals surface area (Å²) in [5.74, 6) is -0.0816. The van der Waals surface area contributed by atoms with E-state index in [-0.39, 0.29) is 11.9 Å². The summed E-state index contributed by atoms with van der Waals surface area (Å²) in [7, 11) is 1.81. The van der Waals surface area contributed by atoms with Crippen LogP contribution in [0.3, 0.4) is 0 Å². The number of thiophene rings is 1. The second kappa shape index (κ2) is 7.42. The minimum atomic E-state index is -0.0816. The van der Waals surface area contributed by atoms with E-state index >= 15 is 0 Å². The molecule has 0 saturated heterocycles. The summed E-state index contributed by atoms with van der Waals surface area (Å²) in [4.78, 5) is 24.1. The molecule has 0 N–H and O–H groups in total. The Morgan fingerprint density at radius 2 is 2.00 bits per heavy atom. The van der Waals surface area contributed by atoms with Crippen LogP contribution in [0.4, 0.5) is 0 Å². The molecule has 1 aromatic carbocycles. The third-order valence-corrected chi connectivity index (χ3v) is 6.30. The highest BCUT2D eigenvalue weighted by Gasteiger charge is 2.21. The van der Waals surface area contributed by atoms with Crippen molar-refractivity contribution in [2.24, 2.45) is 0 Å². The van der Waals surface area contributed by atoms with E-state index in [1.54, 1.807) is 27.2 Å². The van der Waals surface area contributed by atoms with Crippen molar-refractivity contribution in [2.75, 3.05) is 7.05 Å². The Balaban J connectivity index is 1.50. The van der Waals surface area contributed by atoms with Gasteiger partial charge >= 0.3 is 0 Å². The van der Waals surface area contributed by atoms with Crippen molar-refractivity contribution >= 4 is 28.6 Å². The van der Waals surface area contributed by atoms with Gasteiger partial charge in [-0.05, 0) is 36.1 Å². The monoisotopic (exact) mass is 395 g/mol. The van der Waals surface area contributed by atoms with Crippen LogP contribution < -0.4 is 0 Å². The van der Waals surface area contributed by atoms with Crippen molar-refractivity contribution in [3.63, 3.8) is 0 Å². The van der Waals surface area contributed by atoms with Gasteiger partial charge < -0.3 is 4.90 Å². The second-order valence-electron chi connectivity index (χ2n) is 6.04. The van der Waals surface area contributed by atoms with Crippen LogP contribution >= 0.6 is 22.7 Å². The molecule has 0 spiro atoms. The smallest absolute Gasteiger partial charge is 0.273 e. The zero-order chi connectivity index (χ0) is 18.8. The first-order valence-corrected chi connectivity index (χ1v) is 10.1. The van der Waals surface area contributed by atoms with Crippen LogP contribution in [0.2, 0.25) is 0 Å². The van der Waals surface area contributed by atoms with E-state index in [4.69, 9.17) is 0 Å². The number of rotatable bonds is 5. The Hall–Kier alpha value is -2.84. The summed E-state index contributed by atoms with van der Waals surface area (Å²) < 4.78 is 1.70. The van der Waals surface area contributed by atoms with Crippen molar-refractivity contribution in [2.45, 2.75) is 13.0 Å². The highest BCUT2D eigenvalue weighted by Crippen LogP contribution is 2.29. The molecule has 8 heteroatoms. The fourth-order valence-electron chi connectivity index (χ4n) is 2.71. The van der Waals surface area contributed by atoms with E-state index < -0.39 is 0 Å². The zero-order valence-electron chi connectivity index (χ0n) is 14.8. The SMILES string of the molecule is CC(c1ccc(-n2cncn2)cc1)N(C)C(=O)c1csc(-c2cccs2)n1. The number of nitrogens with zero attached hydrogens (tertiary/aromatic N) is 5.